The van der Waals surface area contributed by atoms with Gasteiger partial charge in [-0.3, -0.25) is 4.68 Å². The Balaban J connectivity index is 1.93. The van der Waals surface area contributed by atoms with E-state index in [0.29, 0.717) is 12.6 Å². The summed E-state index contributed by atoms with van der Waals surface area (Å²) in [5.74, 6) is 0.781. The van der Waals surface area contributed by atoms with Crippen molar-refractivity contribution in [3.05, 3.63) is 17.5 Å². The lowest BCUT2D eigenvalue weighted by Gasteiger charge is -2.26. The Morgan fingerprint density at radius 2 is 2.14 bits per heavy atom. The van der Waals surface area contributed by atoms with Gasteiger partial charge < -0.3 is 5.73 Å². The lowest BCUT2D eigenvalue weighted by Crippen LogP contribution is -2.14. The second-order valence-corrected chi connectivity index (χ2v) is 4.57. The first-order valence-electron chi connectivity index (χ1n) is 5.67. The summed E-state index contributed by atoms with van der Waals surface area (Å²) in [4.78, 5) is 0. The molecule has 3 heteroatoms. The fraction of sp³-hybridized carbons (Fsp3) is 0.727. The molecule has 1 aromatic heterocycles. The molecule has 1 aromatic rings. The van der Waals surface area contributed by atoms with E-state index >= 15 is 0 Å². The molecule has 0 aromatic carbocycles. The summed E-state index contributed by atoms with van der Waals surface area (Å²) in [5, 5.41) is 4.59. The van der Waals surface area contributed by atoms with Gasteiger partial charge in [-0.25, -0.2) is 0 Å². The van der Waals surface area contributed by atoms with Crippen molar-refractivity contribution in [2.75, 3.05) is 0 Å². The Morgan fingerprint density at radius 3 is 2.64 bits per heavy atom. The van der Waals surface area contributed by atoms with Gasteiger partial charge >= 0.3 is 0 Å². The van der Waals surface area contributed by atoms with Crippen LogP contribution in [0.4, 0.5) is 0 Å². The van der Waals surface area contributed by atoms with Gasteiger partial charge in [0.1, 0.15) is 0 Å². The molecule has 14 heavy (non-hydrogen) atoms. The average molecular weight is 191 g/mol. The topological polar surface area (TPSA) is 43.8 Å². The largest absolute Gasteiger partial charge is 0.325 e. The van der Waals surface area contributed by atoms with Crippen LogP contribution in [-0.2, 0) is 6.54 Å². The van der Waals surface area contributed by atoms with Crippen LogP contribution in [0.5, 0.6) is 0 Å². The monoisotopic (exact) mass is 191 g/mol. The van der Waals surface area contributed by atoms with Crippen molar-refractivity contribution in [1.29, 1.82) is 0 Å². The highest BCUT2D eigenvalue weighted by molar-refractivity contribution is 5.18. The molecule has 0 aliphatic heterocycles. The van der Waals surface area contributed by atoms with Gasteiger partial charge in [0, 0.05) is 18.2 Å². The lowest BCUT2D eigenvalue weighted by molar-refractivity contribution is 0.388. The highest BCUT2D eigenvalue weighted by Gasteiger charge is 2.31. The van der Waals surface area contributed by atoms with Gasteiger partial charge in [0.25, 0.3) is 0 Å². The molecule has 1 heterocycles. The molecule has 0 saturated heterocycles. The summed E-state index contributed by atoms with van der Waals surface area (Å²) in [6.07, 6.45) is 6.71. The Morgan fingerprint density at radius 1 is 1.36 bits per heavy atom. The second-order valence-electron chi connectivity index (χ2n) is 4.57. The molecule has 2 N–H and O–H groups in total. The van der Waals surface area contributed by atoms with E-state index in [-0.39, 0.29) is 0 Å². The molecule has 2 saturated carbocycles. The Bertz CT molecular complexity index is 334. The minimum atomic E-state index is 0.583. The van der Waals surface area contributed by atoms with Crippen LogP contribution in [0, 0.1) is 0 Å². The standard InChI is InChI=1S/C11H17N3/c12-7-9-6-11(8-2-1-3-8)14(13-9)10-4-5-10/h6,8,10H,1-5,7,12H2. The quantitative estimate of drug-likeness (QED) is 0.793. The number of rotatable bonds is 3. The average Bonchev–Trinajstić information content (AvgIpc) is 2.86. The third kappa shape index (κ3) is 1.27. The maximum absolute atomic E-state index is 5.64. The van der Waals surface area contributed by atoms with Gasteiger partial charge in [-0.05, 0) is 31.7 Å². The summed E-state index contributed by atoms with van der Waals surface area (Å²) in [6, 6.07) is 2.92. The first-order chi connectivity index (χ1) is 6.88. The van der Waals surface area contributed by atoms with E-state index < -0.39 is 0 Å². The third-order valence-corrected chi connectivity index (χ3v) is 3.44. The summed E-state index contributed by atoms with van der Waals surface area (Å²) in [7, 11) is 0. The van der Waals surface area contributed by atoms with Crippen LogP contribution in [0.1, 0.15) is 55.5 Å². The van der Waals surface area contributed by atoms with E-state index in [2.05, 4.69) is 15.8 Å². The number of nitrogens with zero attached hydrogens (tertiary/aromatic N) is 2. The molecular formula is C11H17N3. The molecular weight excluding hydrogens is 174 g/mol. The van der Waals surface area contributed by atoms with Gasteiger partial charge in [0.2, 0.25) is 0 Å². The van der Waals surface area contributed by atoms with Crippen molar-refractivity contribution in [1.82, 2.24) is 9.78 Å². The minimum Gasteiger partial charge on any atom is -0.325 e. The summed E-state index contributed by atoms with van der Waals surface area (Å²) in [6.45, 7) is 0.583. The molecule has 2 aliphatic rings. The maximum Gasteiger partial charge on any atom is 0.0763 e. The van der Waals surface area contributed by atoms with E-state index in [1.807, 2.05) is 0 Å². The van der Waals surface area contributed by atoms with Crippen molar-refractivity contribution in [2.45, 2.75) is 50.6 Å². The second kappa shape index (κ2) is 3.09. The Hall–Kier alpha value is -0.830. The molecule has 0 amide bonds. The van der Waals surface area contributed by atoms with Crippen molar-refractivity contribution in [3.63, 3.8) is 0 Å². The van der Waals surface area contributed by atoms with Gasteiger partial charge in [-0.2, -0.15) is 5.10 Å². The van der Waals surface area contributed by atoms with E-state index in [9.17, 15) is 0 Å². The van der Waals surface area contributed by atoms with Crippen LogP contribution in [0.15, 0.2) is 6.07 Å². The first kappa shape index (κ1) is 8.48. The van der Waals surface area contributed by atoms with Crippen molar-refractivity contribution < 1.29 is 0 Å². The van der Waals surface area contributed by atoms with E-state index in [4.69, 9.17) is 5.73 Å². The lowest BCUT2D eigenvalue weighted by atomic mass is 9.83. The summed E-state index contributed by atoms with van der Waals surface area (Å²) >= 11 is 0. The molecule has 0 spiro atoms. The van der Waals surface area contributed by atoms with Gasteiger partial charge in [-0.1, -0.05) is 6.42 Å². The van der Waals surface area contributed by atoms with Gasteiger partial charge in [0.15, 0.2) is 0 Å². The summed E-state index contributed by atoms with van der Waals surface area (Å²) in [5.41, 5.74) is 8.16. The van der Waals surface area contributed by atoms with Crippen LogP contribution in [0.3, 0.4) is 0 Å². The van der Waals surface area contributed by atoms with Crippen LogP contribution in [-0.4, -0.2) is 9.78 Å². The molecule has 3 nitrogen and oxygen atoms in total. The minimum absolute atomic E-state index is 0.583. The first-order valence-corrected chi connectivity index (χ1v) is 5.67. The smallest absolute Gasteiger partial charge is 0.0763 e. The zero-order chi connectivity index (χ0) is 9.54. The Labute approximate surface area is 84.3 Å². The normalized spacial score (nSPS) is 22.4. The van der Waals surface area contributed by atoms with Crippen LogP contribution < -0.4 is 5.73 Å². The maximum atomic E-state index is 5.64. The van der Waals surface area contributed by atoms with Crippen LogP contribution in [0.2, 0.25) is 0 Å². The Kier molecular flexibility index (Phi) is 1.87. The highest BCUT2D eigenvalue weighted by atomic mass is 15.3. The molecule has 2 fully saturated rings. The molecule has 0 unspecified atom stereocenters. The third-order valence-electron chi connectivity index (χ3n) is 3.44. The zero-order valence-electron chi connectivity index (χ0n) is 8.45. The van der Waals surface area contributed by atoms with E-state index in [1.165, 1.54) is 37.8 Å². The van der Waals surface area contributed by atoms with Gasteiger partial charge in [0.05, 0.1) is 11.7 Å². The molecule has 76 valence electrons. The SMILES string of the molecule is NCc1cc(C2CCC2)n(C2CC2)n1. The molecule has 0 radical (unpaired) electrons. The number of aromatic nitrogens is 2. The predicted octanol–water partition coefficient (Wildman–Crippen LogP) is 1.94. The molecule has 3 rings (SSSR count). The van der Waals surface area contributed by atoms with E-state index in [0.717, 1.165) is 11.6 Å². The van der Waals surface area contributed by atoms with E-state index in [1.54, 1.807) is 0 Å². The van der Waals surface area contributed by atoms with Gasteiger partial charge in [-0.15, -0.1) is 0 Å². The van der Waals surface area contributed by atoms with Crippen molar-refractivity contribution in [3.8, 4) is 0 Å². The number of nitrogens with two attached hydrogens (primary N) is 1. The zero-order valence-corrected chi connectivity index (χ0v) is 8.45. The molecule has 2 aliphatic carbocycles. The number of hydrogen-bond donors (Lipinski definition) is 1. The molecule has 0 atom stereocenters. The van der Waals surface area contributed by atoms with Crippen LogP contribution in [0.25, 0.3) is 0 Å². The fourth-order valence-electron chi connectivity index (χ4n) is 2.18. The summed E-state index contributed by atoms with van der Waals surface area (Å²) < 4.78 is 2.26. The number of hydrogen-bond acceptors (Lipinski definition) is 2. The predicted molar refractivity (Wildman–Crippen MR) is 55.0 cm³/mol. The molecule has 0 bridgehead atoms. The van der Waals surface area contributed by atoms with Crippen LogP contribution >= 0.6 is 0 Å². The highest BCUT2D eigenvalue weighted by Crippen LogP contribution is 2.42. The van der Waals surface area contributed by atoms with Crippen molar-refractivity contribution >= 4 is 0 Å². The fourth-order valence-corrected chi connectivity index (χ4v) is 2.18. The van der Waals surface area contributed by atoms with Crippen molar-refractivity contribution in [2.24, 2.45) is 5.73 Å².